The van der Waals surface area contributed by atoms with Crippen LogP contribution < -0.4 is 15.5 Å². The van der Waals surface area contributed by atoms with E-state index in [-0.39, 0.29) is 22.7 Å². The van der Waals surface area contributed by atoms with Gasteiger partial charge in [-0.2, -0.15) is 5.26 Å². The van der Waals surface area contributed by atoms with Gasteiger partial charge in [-0.1, -0.05) is 11.6 Å². The third-order valence-electron chi connectivity index (χ3n) is 5.05. The van der Waals surface area contributed by atoms with Gasteiger partial charge in [0.15, 0.2) is 5.82 Å². The minimum absolute atomic E-state index is 0.0399. The van der Waals surface area contributed by atoms with Crippen LogP contribution in [0.15, 0.2) is 30.3 Å². The van der Waals surface area contributed by atoms with Gasteiger partial charge in [-0.25, -0.2) is 13.2 Å². The Balaban J connectivity index is 1.86. The molecule has 0 radical (unpaired) electrons. The molecule has 1 aliphatic carbocycles. The second-order valence-corrected chi connectivity index (χ2v) is 9.43. The summed E-state index contributed by atoms with van der Waals surface area (Å²) >= 11 is 17.8. The number of nitriles is 1. The highest BCUT2D eigenvalue weighted by atomic mass is 35.5. The Morgan fingerprint density at radius 3 is 2.46 bits per heavy atom. The van der Waals surface area contributed by atoms with Crippen LogP contribution in [0.25, 0.3) is 0 Å². The standard InChI is InChI=1S/C22H16Cl3F3N4O3/c23-14-2-1-11(30-21(35)13-10-22(13,24)25)9-12(14)20(34)31-16-4-3-15(27)19(18(16)28)32(8-6-26)17(33)5-7-29/h1-4,9,13H,5-6,8,10H2,(H,30,35)(H,31,34). The fraction of sp³-hybridized carbons (Fsp3) is 0.273. The van der Waals surface area contributed by atoms with Gasteiger partial charge < -0.3 is 15.5 Å². The van der Waals surface area contributed by atoms with Crippen molar-refractivity contribution in [2.24, 2.45) is 5.92 Å². The minimum Gasteiger partial charge on any atom is -0.326 e. The van der Waals surface area contributed by atoms with Crippen molar-refractivity contribution >= 4 is 69.6 Å². The van der Waals surface area contributed by atoms with Crippen molar-refractivity contribution in [3.05, 3.63) is 52.6 Å². The highest BCUT2D eigenvalue weighted by Crippen LogP contribution is 2.53. The number of hydrogen-bond acceptors (Lipinski definition) is 4. The summed E-state index contributed by atoms with van der Waals surface area (Å²) in [6.45, 7) is -1.83. The smallest absolute Gasteiger partial charge is 0.257 e. The summed E-state index contributed by atoms with van der Waals surface area (Å²) in [7, 11) is 0. The summed E-state index contributed by atoms with van der Waals surface area (Å²) in [5.41, 5.74) is -1.41. The average molecular weight is 548 g/mol. The molecule has 0 heterocycles. The van der Waals surface area contributed by atoms with Crippen LogP contribution in [0.1, 0.15) is 23.2 Å². The lowest BCUT2D eigenvalue weighted by atomic mass is 10.1. The quantitative estimate of drug-likeness (QED) is 0.443. The van der Waals surface area contributed by atoms with Crippen molar-refractivity contribution in [3.8, 4) is 6.07 Å². The first-order valence-corrected chi connectivity index (χ1v) is 11.1. The molecule has 3 amide bonds. The van der Waals surface area contributed by atoms with Crippen LogP contribution in [0.5, 0.6) is 0 Å². The Labute approximate surface area is 212 Å². The highest BCUT2D eigenvalue weighted by Gasteiger charge is 2.56. The fourth-order valence-electron chi connectivity index (χ4n) is 3.19. The van der Waals surface area contributed by atoms with E-state index in [1.807, 2.05) is 0 Å². The molecule has 0 aromatic heterocycles. The van der Waals surface area contributed by atoms with Crippen LogP contribution in [-0.4, -0.2) is 35.3 Å². The topological polar surface area (TPSA) is 102 Å². The molecule has 1 fully saturated rings. The number of nitrogens with zero attached hydrogens (tertiary/aromatic N) is 2. The van der Waals surface area contributed by atoms with Crippen molar-refractivity contribution in [3.63, 3.8) is 0 Å². The zero-order chi connectivity index (χ0) is 25.9. The number of hydrogen-bond donors (Lipinski definition) is 2. The Morgan fingerprint density at radius 2 is 1.86 bits per heavy atom. The van der Waals surface area contributed by atoms with Crippen molar-refractivity contribution in [2.45, 2.75) is 17.2 Å². The predicted octanol–water partition coefficient (Wildman–Crippen LogP) is 5.22. The molecule has 2 aromatic rings. The van der Waals surface area contributed by atoms with Gasteiger partial charge in [-0.3, -0.25) is 14.4 Å². The predicted molar refractivity (Wildman–Crippen MR) is 125 cm³/mol. The molecule has 1 saturated carbocycles. The molecule has 3 rings (SSSR count). The maximum Gasteiger partial charge on any atom is 0.257 e. The van der Waals surface area contributed by atoms with E-state index in [4.69, 9.17) is 40.1 Å². The van der Waals surface area contributed by atoms with Crippen LogP contribution in [0.2, 0.25) is 5.02 Å². The van der Waals surface area contributed by atoms with E-state index in [1.54, 1.807) is 0 Å². The molecule has 0 aliphatic heterocycles. The van der Waals surface area contributed by atoms with Gasteiger partial charge in [0.1, 0.15) is 28.9 Å². The number of anilines is 3. The van der Waals surface area contributed by atoms with E-state index in [2.05, 4.69) is 10.6 Å². The molecule has 1 unspecified atom stereocenters. The molecular weight excluding hydrogens is 532 g/mol. The number of amides is 3. The SMILES string of the molecule is N#CCC(=O)N(CCF)c1c(F)ccc(NC(=O)c2cc(NC(=O)C3CC3(Cl)Cl)ccc2Cl)c1F. The van der Waals surface area contributed by atoms with Crippen molar-refractivity contribution < 1.29 is 27.6 Å². The lowest BCUT2D eigenvalue weighted by Crippen LogP contribution is -2.34. The number of rotatable bonds is 8. The summed E-state index contributed by atoms with van der Waals surface area (Å²) in [5.74, 6) is -5.58. The Kier molecular flexibility index (Phi) is 8.15. The maximum absolute atomic E-state index is 15.1. The first-order chi connectivity index (χ1) is 16.5. The van der Waals surface area contributed by atoms with Crippen LogP contribution in [-0.2, 0) is 9.59 Å². The molecule has 2 N–H and O–H groups in total. The normalized spacial score (nSPS) is 15.6. The largest absolute Gasteiger partial charge is 0.326 e. The molecule has 2 aromatic carbocycles. The summed E-state index contributed by atoms with van der Waals surface area (Å²) in [4.78, 5) is 37.6. The van der Waals surface area contributed by atoms with Gasteiger partial charge >= 0.3 is 0 Å². The Hall–Kier alpha value is -3.00. The third kappa shape index (κ3) is 5.99. The summed E-state index contributed by atoms with van der Waals surface area (Å²) in [5, 5.41) is 13.4. The molecule has 13 heteroatoms. The zero-order valence-electron chi connectivity index (χ0n) is 17.7. The second-order valence-electron chi connectivity index (χ2n) is 7.48. The first-order valence-electron chi connectivity index (χ1n) is 10.0. The molecule has 0 saturated heterocycles. The lowest BCUT2D eigenvalue weighted by molar-refractivity contribution is -0.118. The number of halogens is 6. The minimum atomic E-state index is -1.35. The Bertz CT molecular complexity index is 1240. The van der Waals surface area contributed by atoms with Crippen molar-refractivity contribution in [1.29, 1.82) is 5.26 Å². The third-order valence-corrected chi connectivity index (χ3v) is 6.21. The van der Waals surface area contributed by atoms with Crippen LogP contribution in [0, 0.1) is 28.9 Å². The van der Waals surface area contributed by atoms with E-state index in [9.17, 15) is 23.2 Å². The second kappa shape index (κ2) is 10.7. The van der Waals surface area contributed by atoms with E-state index >= 15 is 4.39 Å². The van der Waals surface area contributed by atoms with E-state index in [1.165, 1.54) is 24.3 Å². The van der Waals surface area contributed by atoms with Gasteiger partial charge in [0.2, 0.25) is 11.8 Å². The molecule has 35 heavy (non-hydrogen) atoms. The molecule has 1 atom stereocenters. The number of carbonyl (C=O) groups is 3. The van der Waals surface area contributed by atoms with E-state index in [0.29, 0.717) is 4.90 Å². The maximum atomic E-state index is 15.1. The molecule has 184 valence electrons. The summed E-state index contributed by atoms with van der Waals surface area (Å²) < 4.78 is 41.3. The molecule has 7 nitrogen and oxygen atoms in total. The molecule has 0 bridgehead atoms. The first kappa shape index (κ1) is 26.6. The average Bonchev–Trinajstić information content (AvgIpc) is 3.44. The van der Waals surface area contributed by atoms with Crippen molar-refractivity contribution in [2.75, 3.05) is 28.8 Å². The van der Waals surface area contributed by atoms with E-state index in [0.717, 1.165) is 12.1 Å². The summed E-state index contributed by atoms with van der Waals surface area (Å²) in [6, 6.07) is 7.20. The molecular formula is C22H16Cl3F3N4O3. The monoisotopic (exact) mass is 546 g/mol. The highest BCUT2D eigenvalue weighted by molar-refractivity contribution is 6.52. The van der Waals surface area contributed by atoms with Gasteiger partial charge in [-0.05, 0) is 36.8 Å². The van der Waals surface area contributed by atoms with Gasteiger partial charge in [-0.15, -0.1) is 23.2 Å². The van der Waals surface area contributed by atoms with Crippen LogP contribution in [0.4, 0.5) is 30.2 Å². The van der Waals surface area contributed by atoms with Gasteiger partial charge in [0, 0.05) is 5.69 Å². The van der Waals surface area contributed by atoms with Crippen LogP contribution >= 0.6 is 34.8 Å². The van der Waals surface area contributed by atoms with E-state index < -0.39 is 70.6 Å². The number of carbonyl (C=O) groups excluding carboxylic acids is 3. The summed E-state index contributed by atoms with van der Waals surface area (Å²) in [6.07, 6.45) is -0.468. The van der Waals surface area contributed by atoms with Crippen LogP contribution in [0.3, 0.4) is 0 Å². The molecule has 1 aliphatic rings. The zero-order valence-corrected chi connectivity index (χ0v) is 19.9. The number of alkyl halides is 3. The fourth-order valence-corrected chi connectivity index (χ4v) is 3.90. The molecule has 0 spiro atoms. The lowest BCUT2D eigenvalue weighted by Gasteiger charge is -2.22. The van der Waals surface area contributed by atoms with Gasteiger partial charge in [0.25, 0.3) is 5.91 Å². The number of benzene rings is 2. The van der Waals surface area contributed by atoms with Gasteiger partial charge in [0.05, 0.1) is 34.8 Å². The Morgan fingerprint density at radius 1 is 1.17 bits per heavy atom. The van der Waals surface area contributed by atoms with Crippen molar-refractivity contribution in [1.82, 2.24) is 0 Å². The number of nitrogens with one attached hydrogen (secondary N) is 2.